The van der Waals surface area contributed by atoms with E-state index in [4.69, 9.17) is 9.47 Å². The average molecular weight is 414 g/mol. The normalized spacial score (nSPS) is 17.5. The van der Waals surface area contributed by atoms with Gasteiger partial charge in [0.05, 0.1) is 5.75 Å². The van der Waals surface area contributed by atoms with Gasteiger partial charge in [-0.2, -0.15) is 0 Å². The molecule has 0 fully saturated rings. The van der Waals surface area contributed by atoms with Crippen LogP contribution in [0.3, 0.4) is 0 Å². The molecule has 144 valence electrons. The topological polar surface area (TPSA) is 73.3 Å². The molecule has 1 aromatic carbocycles. The number of hydrogen-bond donors (Lipinski definition) is 1. The maximum atomic E-state index is 12.4. The van der Waals surface area contributed by atoms with Gasteiger partial charge in [0, 0.05) is 22.0 Å². The van der Waals surface area contributed by atoms with Crippen LogP contribution in [0.15, 0.2) is 29.6 Å². The van der Waals surface area contributed by atoms with Crippen LogP contribution in [0.5, 0.6) is 11.5 Å². The first-order valence-corrected chi connectivity index (χ1v) is 11.0. The number of anilines is 1. The molecule has 3 heterocycles. The van der Waals surface area contributed by atoms with Gasteiger partial charge in [-0.1, -0.05) is 18.7 Å². The standard InChI is InChI=1S/C20H19N3O3S2/c1-11-2-4-13-16(6-11)28-20-18(13)19(21-9-22-20)27-8-17(24)23-12-3-5-14-15(7-12)26-10-25-14/h3,5,7,9,11H,2,4,6,8,10H2,1H3,(H,23,24). The third-order valence-electron chi connectivity index (χ3n) is 5.05. The Hall–Kier alpha value is -2.32. The van der Waals surface area contributed by atoms with Gasteiger partial charge in [0.25, 0.3) is 0 Å². The molecule has 0 bridgehead atoms. The molecule has 5 rings (SSSR count). The van der Waals surface area contributed by atoms with E-state index in [2.05, 4.69) is 22.2 Å². The number of rotatable bonds is 4. The van der Waals surface area contributed by atoms with Crippen LogP contribution in [0.1, 0.15) is 23.8 Å². The number of aromatic nitrogens is 2. The summed E-state index contributed by atoms with van der Waals surface area (Å²) in [6.45, 7) is 2.52. The van der Waals surface area contributed by atoms with Gasteiger partial charge >= 0.3 is 0 Å². The highest BCUT2D eigenvalue weighted by Crippen LogP contribution is 2.40. The zero-order valence-corrected chi connectivity index (χ0v) is 17.0. The second kappa shape index (κ2) is 7.25. The lowest BCUT2D eigenvalue weighted by Gasteiger charge is -2.18. The first kappa shape index (κ1) is 17.8. The lowest BCUT2D eigenvalue weighted by molar-refractivity contribution is -0.113. The van der Waals surface area contributed by atoms with E-state index >= 15 is 0 Å². The molecule has 0 spiro atoms. The van der Waals surface area contributed by atoms with E-state index in [1.54, 1.807) is 29.8 Å². The predicted molar refractivity (Wildman–Crippen MR) is 111 cm³/mol. The lowest BCUT2D eigenvalue weighted by Crippen LogP contribution is -2.14. The maximum Gasteiger partial charge on any atom is 0.234 e. The van der Waals surface area contributed by atoms with Crippen molar-refractivity contribution in [1.82, 2.24) is 9.97 Å². The number of aryl methyl sites for hydroxylation is 1. The Bertz CT molecular complexity index is 1070. The highest BCUT2D eigenvalue weighted by molar-refractivity contribution is 8.00. The number of carbonyl (C=O) groups excluding carboxylic acids is 1. The van der Waals surface area contributed by atoms with E-state index in [1.165, 1.54) is 28.6 Å². The molecule has 0 radical (unpaired) electrons. The molecule has 0 saturated carbocycles. The molecule has 1 unspecified atom stereocenters. The monoisotopic (exact) mass is 413 g/mol. The maximum absolute atomic E-state index is 12.4. The molecule has 6 nitrogen and oxygen atoms in total. The second-order valence-electron chi connectivity index (χ2n) is 7.12. The summed E-state index contributed by atoms with van der Waals surface area (Å²) in [5.74, 6) is 2.29. The first-order valence-electron chi connectivity index (χ1n) is 9.25. The number of nitrogens with zero attached hydrogens (tertiary/aromatic N) is 2. The van der Waals surface area contributed by atoms with Crippen LogP contribution in [-0.4, -0.2) is 28.4 Å². The van der Waals surface area contributed by atoms with Crippen LogP contribution >= 0.6 is 23.1 Å². The number of nitrogens with one attached hydrogen (secondary N) is 1. The molecule has 1 N–H and O–H groups in total. The van der Waals surface area contributed by atoms with Crippen LogP contribution in [-0.2, 0) is 17.6 Å². The number of ether oxygens (including phenoxy) is 2. The zero-order chi connectivity index (χ0) is 19.1. The molecular weight excluding hydrogens is 394 g/mol. The largest absolute Gasteiger partial charge is 0.454 e. The van der Waals surface area contributed by atoms with Crippen molar-refractivity contribution in [3.05, 3.63) is 35.0 Å². The van der Waals surface area contributed by atoms with E-state index < -0.39 is 0 Å². The molecule has 3 aromatic rings. The van der Waals surface area contributed by atoms with Gasteiger partial charge < -0.3 is 14.8 Å². The van der Waals surface area contributed by atoms with E-state index in [9.17, 15) is 4.79 Å². The number of hydrogen-bond acceptors (Lipinski definition) is 7. The van der Waals surface area contributed by atoms with E-state index in [1.807, 2.05) is 6.07 Å². The third kappa shape index (κ3) is 3.31. The van der Waals surface area contributed by atoms with Crippen molar-refractivity contribution < 1.29 is 14.3 Å². The van der Waals surface area contributed by atoms with Gasteiger partial charge in [-0.3, -0.25) is 4.79 Å². The molecule has 1 amide bonds. The molecule has 8 heteroatoms. The molecule has 2 aliphatic rings. The van der Waals surface area contributed by atoms with Crippen molar-refractivity contribution in [1.29, 1.82) is 0 Å². The Kier molecular flexibility index (Phi) is 4.60. The van der Waals surface area contributed by atoms with Gasteiger partial charge in [0.15, 0.2) is 11.5 Å². The predicted octanol–water partition coefficient (Wildman–Crippen LogP) is 4.28. The van der Waals surface area contributed by atoms with Gasteiger partial charge in [0.1, 0.15) is 16.2 Å². The average Bonchev–Trinajstić information content (AvgIpc) is 3.29. The Morgan fingerprint density at radius 3 is 3.14 bits per heavy atom. The van der Waals surface area contributed by atoms with E-state index in [0.717, 1.165) is 34.0 Å². The fourth-order valence-corrected chi connectivity index (χ4v) is 5.90. The summed E-state index contributed by atoms with van der Waals surface area (Å²) in [5.41, 5.74) is 2.09. The van der Waals surface area contributed by atoms with Crippen molar-refractivity contribution in [3.63, 3.8) is 0 Å². The molecule has 0 saturated heterocycles. The smallest absolute Gasteiger partial charge is 0.234 e. The van der Waals surface area contributed by atoms with Crippen LogP contribution in [0.4, 0.5) is 5.69 Å². The van der Waals surface area contributed by atoms with E-state index in [-0.39, 0.29) is 12.7 Å². The second-order valence-corrected chi connectivity index (χ2v) is 9.16. The van der Waals surface area contributed by atoms with Crippen molar-refractivity contribution in [2.45, 2.75) is 31.2 Å². The minimum absolute atomic E-state index is 0.0756. The lowest BCUT2D eigenvalue weighted by atomic mass is 9.89. The van der Waals surface area contributed by atoms with Crippen molar-refractivity contribution in [3.8, 4) is 11.5 Å². The first-order chi connectivity index (χ1) is 13.7. The summed E-state index contributed by atoms with van der Waals surface area (Å²) in [6, 6.07) is 5.40. The molecular formula is C20H19N3O3S2. The minimum Gasteiger partial charge on any atom is -0.454 e. The molecule has 1 atom stereocenters. The van der Waals surface area contributed by atoms with E-state index in [0.29, 0.717) is 22.9 Å². The number of carbonyl (C=O) groups is 1. The number of amides is 1. The van der Waals surface area contributed by atoms with Crippen LogP contribution in [0.2, 0.25) is 0 Å². The molecule has 1 aliphatic heterocycles. The zero-order valence-electron chi connectivity index (χ0n) is 15.4. The number of thiophene rings is 1. The Morgan fingerprint density at radius 1 is 1.32 bits per heavy atom. The number of fused-ring (bicyclic) bond motifs is 4. The van der Waals surface area contributed by atoms with Crippen LogP contribution < -0.4 is 14.8 Å². The summed E-state index contributed by atoms with van der Waals surface area (Å²) in [6.07, 6.45) is 4.99. The highest BCUT2D eigenvalue weighted by atomic mass is 32.2. The molecule has 2 aromatic heterocycles. The fourth-order valence-electron chi connectivity index (χ4n) is 3.66. The molecule has 1 aliphatic carbocycles. The third-order valence-corrected chi connectivity index (χ3v) is 7.21. The summed E-state index contributed by atoms with van der Waals surface area (Å²) >= 11 is 3.24. The highest BCUT2D eigenvalue weighted by Gasteiger charge is 2.23. The quantitative estimate of drug-likeness (QED) is 0.508. The van der Waals surface area contributed by atoms with Crippen molar-refractivity contribution in [2.24, 2.45) is 5.92 Å². The fraction of sp³-hybridized carbons (Fsp3) is 0.350. The Labute approximate surface area is 170 Å². The van der Waals surface area contributed by atoms with Gasteiger partial charge in [-0.15, -0.1) is 11.3 Å². The Morgan fingerprint density at radius 2 is 2.21 bits per heavy atom. The summed E-state index contributed by atoms with van der Waals surface area (Å²) in [5, 5.41) is 4.97. The van der Waals surface area contributed by atoms with Crippen molar-refractivity contribution >= 4 is 44.9 Å². The van der Waals surface area contributed by atoms with Crippen molar-refractivity contribution in [2.75, 3.05) is 17.9 Å². The van der Waals surface area contributed by atoms with Crippen LogP contribution in [0.25, 0.3) is 10.2 Å². The Balaban J connectivity index is 1.31. The minimum atomic E-state index is -0.0756. The number of benzene rings is 1. The van der Waals surface area contributed by atoms with Gasteiger partial charge in [-0.25, -0.2) is 9.97 Å². The summed E-state index contributed by atoms with van der Waals surface area (Å²) in [4.78, 5) is 23.9. The van der Waals surface area contributed by atoms with Gasteiger partial charge in [-0.05, 0) is 42.9 Å². The SMILES string of the molecule is CC1CCc2c(sc3ncnc(SCC(=O)Nc4ccc5c(c4)OCO5)c23)C1. The van der Waals surface area contributed by atoms with Gasteiger partial charge in [0.2, 0.25) is 12.7 Å². The summed E-state index contributed by atoms with van der Waals surface area (Å²) in [7, 11) is 0. The molecule has 28 heavy (non-hydrogen) atoms. The summed E-state index contributed by atoms with van der Waals surface area (Å²) < 4.78 is 10.7. The number of thioether (sulfide) groups is 1. The van der Waals surface area contributed by atoms with Crippen LogP contribution in [0, 0.1) is 5.92 Å².